The molecule has 1 aromatic heterocycles. The third-order valence-corrected chi connectivity index (χ3v) is 3.52. The number of rotatable bonds is 2. The zero-order valence-electron chi connectivity index (χ0n) is 8.11. The number of carbonyl (C=O) groups excluding carboxylic acids is 1. The van der Waals surface area contributed by atoms with Crippen LogP contribution in [0.4, 0.5) is 5.69 Å². The second-order valence-electron chi connectivity index (χ2n) is 3.11. The van der Waals surface area contributed by atoms with E-state index in [9.17, 15) is 9.90 Å². The molecule has 0 radical (unpaired) electrons. The fourth-order valence-corrected chi connectivity index (χ4v) is 2.49. The van der Waals surface area contributed by atoms with Gasteiger partial charge in [-0.2, -0.15) is 0 Å². The smallest absolute Gasteiger partial charge is 0.265 e. The van der Waals surface area contributed by atoms with Crippen LogP contribution in [0.5, 0.6) is 5.75 Å². The molecule has 0 aliphatic carbocycles. The van der Waals surface area contributed by atoms with E-state index >= 15 is 0 Å². The Morgan fingerprint density at radius 2 is 2.12 bits per heavy atom. The number of carbonyl (C=O) groups is 1. The Morgan fingerprint density at radius 3 is 2.75 bits per heavy atom. The molecule has 0 fully saturated rings. The third-order valence-electron chi connectivity index (χ3n) is 1.90. The van der Waals surface area contributed by atoms with Gasteiger partial charge in [0, 0.05) is 11.8 Å². The standard InChI is InChI=1S/C11H8BrNO2S/c12-10-5-4-9(16-10)11(15)13-7-2-1-3-8(14)6-7/h1-6,14H,(H,13,15). The van der Waals surface area contributed by atoms with Gasteiger partial charge in [-0.15, -0.1) is 11.3 Å². The first-order valence-corrected chi connectivity index (χ1v) is 6.12. The number of thiophene rings is 1. The van der Waals surface area contributed by atoms with E-state index in [2.05, 4.69) is 21.2 Å². The van der Waals surface area contributed by atoms with Gasteiger partial charge in [0.05, 0.1) is 8.66 Å². The third kappa shape index (κ3) is 2.62. The molecule has 0 aliphatic heterocycles. The van der Waals surface area contributed by atoms with Crippen molar-refractivity contribution in [1.82, 2.24) is 0 Å². The summed E-state index contributed by atoms with van der Waals surface area (Å²) >= 11 is 4.66. The van der Waals surface area contributed by atoms with Crippen molar-refractivity contribution in [3.05, 3.63) is 45.1 Å². The van der Waals surface area contributed by atoms with Crippen LogP contribution < -0.4 is 5.32 Å². The van der Waals surface area contributed by atoms with Gasteiger partial charge in [-0.1, -0.05) is 6.07 Å². The minimum Gasteiger partial charge on any atom is -0.508 e. The topological polar surface area (TPSA) is 49.3 Å². The molecular weight excluding hydrogens is 290 g/mol. The van der Waals surface area contributed by atoms with Crippen LogP contribution in [-0.4, -0.2) is 11.0 Å². The summed E-state index contributed by atoms with van der Waals surface area (Å²) in [6, 6.07) is 10.0. The molecule has 0 saturated carbocycles. The lowest BCUT2D eigenvalue weighted by Gasteiger charge is -2.03. The molecule has 5 heteroatoms. The van der Waals surface area contributed by atoms with Gasteiger partial charge >= 0.3 is 0 Å². The summed E-state index contributed by atoms with van der Waals surface area (Å²) in [6.07, 6.45) is 0. The fourth-order valence-electron chi connectivity index (χ4n) is 1.21. The van der Waals surface area contributed by atoms with E-state index in [1.165, 1.54) is 17.4 Å². The highest BCUT2D eigenvalue weighted by Gasteiger charge is 2.08. The van der Waals surface area contributed by atoms with Crippen LogP contribution in [0, 0.1) is 0 Å². The maximum atomic E-state index is 11.7. The van der Waals surface area contributed by atoms with Crippen LogP contribution in [-0.2, 0) is 0 Å². The van der Waals surface area contributed by atoms with Crippen molar-refractivity contribution in [3.63, 3.8) is 0 Å². The van der Waals surface area contributed by atoms with Gasteiger partial charge in [-0.05, 0) is 40.2 Å². The molecule has 1 heterocycles. The lowest BCUT2D eigenvalue weighted by Crippen LogP contribution is -2.09. The number of hydrogen-bond acceptors (Lipinski definition) is 3. The molecule has 0 spiro atoms. The van der Waals surface area contributed by atoms with Gasteiger partial charge < -0.3 is 10.4 Å². The second-order valence-corrected chi connectivity index (χ2v) is 5.57. The van der Waals surface area contributed by atoms with Gasteiger partial charge in [0.1, 0.15) is 5.75 Å². The highest BCUT2D eigenvalue weighted by molar-refractivity contribution is 9.11. The van der Waals surface area contributed by atoms with Gasteiger partial charge in [0.2, 0.25) is 0 Å². The number of amides is 1. The first kappa shape index (κ1) is 11.2. The summed E-state index contributed by atoms with van der Waals surface area (Å²) in [5.41, 5.74) is 0.578. The van der Waals surface area contributed by atoms with E-state index in [1.807, 2.05) is 6.07 Å². The van der Waals surface area contributed by atoms with E-state index < -0.39 is 0 Å². The Balaban J connectivity index is 2.13. The molecule has 2 rings (SSSR count). The number of anilines is 1. The molecule has 2 N–H and O–H groups in total. The Kier molecular flexibility index (Phi) is 3.26. The molecule has 0 unspecified atom stereocenters. The first-order valence-electron chi connectivity index (χ1n) is 4.51. The minimum atomic E-state index is -0.179. The van der Waals surface area contributed by atoms with Crippen molar-refractivity contribution >= 4 is 38.9 Å². The molecule has 0 bridgehead atoms. The Morgan fingerprint density at radius 1 is 1.31 bits per heavy atom. The quantitative estimate of drug-likeness (QED) is 0.892. The lowest BCUT2D eigenvalue weighted by atomic mass is 10.3. The van der Waals surface area contributed by atoms with E-state index in [0.717, 1.165) is 3.79 Å². The number of benzene rings is 1. The number of nitrogens with one attached hydrogen (secondary N) is 1. The molecule has 0 aliphatic rings. The zero-order valence-corrected chi connectivity index (χ0v) is 10.5. The van der Waals surface area contributed by atoms with Crippen molar-refractivity contribution in [3.8, 4) is 5.75 Å². The summed E-state index contributed by atoms with van der Waals surface area (Å²) in [4.78, 5) is 12.4. The number of phenolic OH excluding ortho intramolecular Hbond substituents is 1. The predicted octanol–water partition coefficient (Wildman–Crippen LogP) is 3.47. The van der Waals surface area contributed by atoms with Gasteiger partial charge in [-0.3, -0.25) is 4.79 Å². The number of halogens is 1. The average Bonchev–Trinajstić information content (AvgIpc) is 2.65. The van der Waals surface area contributed by atoms with Crippen molar-refractivity contribution in [1.29, 1.82) is 0 Å². The van der Waals surface area contributed by atoms with Gasteiger partial charge in [0.25, 0.3) is 5.91 Å². The molecule has 1 aromatic carbocycles. The van der Waals surface area contributed by atoms with E-state index in [1.54, 1.807) is 24.3 Å². The van der Waals surface area contributed by atoms with E-state index in [0.29, 0.717) is 10.6 Å². The van der Waals surface area contributed by atoms with Crippen molar-refractivity contribution in [2.75, 3.05) is 5.32 Å². The van der Waals surface area contributed by atoms with Crippen LogP contribution in [0.1, 0.15) is 9.67 Å². The summed E-state index contributed by atoms with van der Waals surface area (Å²) in [5.74, 6) is -0.0496. The fraction of sp³-hybridized carbons (Fsp3) is 0. The van der Waals surface area contributed by atoms with Crippen LogP contribution in [0.2, 0.25) is 0 Å². The largest absolute Gasteiger partial charge is 0.508 e. The Labute approximate surface area is 105 Å². The van der Waals surface area contributed by atoms with Crippen molar-refractivity contribution in [2.45, 2.75) is 0 Å². The van der Waals surface area contributed by atoms with Gasteiger partial charge in [-0.25, -0.2) is 0 Å². The monoisotopic (exact) mass is 297 g/mol. The second kappa shape index (κ2) is 4.67. The molecule has 1 amide bonds. The molecule has 0 atom stereocenters. The summed E-state index contributed by atoms with van der Waals surface area (Å²) in [6.45, 7) is 0. The van der Waals surface area contributed by atoms with E-state index in [4.69, 9.17) is 0 Å². The van der Waals surface area contributed by atoms with E-state index in [-0.39, 0.29) is 11.7 Å². The molecule has 16 heavy (non-hydrogen) atoms. The molecule has 82 valence electrons. The highest BCUT2D eigenvalue weighted by atomic mass is 79.9. The van der Waals surface area contributed by atoms with Crippen molar-refractivity contribution in [2.24, 2.45) is 0 Å². The van der Waals surface area contributed by atoms with Crippen LogP contribution in [0.3, 0.4) is 0 Å². The van der Waals surface area contributed by atoms with Crippen molar-refractivity contribution < 1.29 is 9.90 Å². The molecule has 3 nitrogen and oxygen atoms in total. The molecule has 0 saturated heterocycles. The average molecular weight is 298 g/mol. The first-order chi connectivity index (χ1) is 7.65. The predicted molar refractivity (Wildman–Crippen MR) is 68.1 cm³/mol. The Bertz CT molecular complexity index is 524. The summed E-state index contributed by atoms with van der Waals surface area (Å²) in [5, 5.41) is 11.9. The maximum Gasteiger partial charge on any atom is 0.265 e. The van der Waals surface area contributed by atoms with Crippen LogP contribution in [0.25, 0.3) is 0 Å². The SMILES string of the molecule is O=C(Nc1cccc(O)c1)c1ccc(Br)s1. The molecular formula is C11H8BrNO2S. The van der Waals surface area contributed by atoms with Crippen LogP contribution in [0.15, 0.2) is 40.2 Å². The molecule has 2 aromatic rings. The zero-order chi connectivity index (χ0) is 11.5. The lowest BCUT2D eigenvalue weighted by molar-refractivity contribution is 0.103. The summed E-state index contributed by atoms with van der Waals surface area (Å²) < 4.78 is 0.911. The Hall–Kier alpha value is -1.33. The number of aromatic hydroxyl groups is 1. The number of phenols is 1. The number of hydrogen-bond donors (Lipinski definition) is 2. The van der Waals surface area contributed by atoms with Crippen LogP contribution >= 0.6 is 27.3 Å². The van der Waals surface area contributed by atoms with Gasteiger partial charge in [0.15, 0.2) is 0 Å². The normalized spacial score (nSPS) is 10.1. The highest BCUT2D eigenvalue weighted by Crippen LogP contribution is 2.23. The summed E-state index contributed by atoms with van der Waals surface area (Å²) in [7, 11) is 0. The minimum absolute atomic E-state index is 0.130. The maximum absolute atomic E-state index is 11.7.